The van der Waals surface area contributed by atoms with Crippen molar-refractivity contribution in [2.24, 2.45) is 5.92 Å². The number of carbonyl (C=O) groups excluding carboxylic acids is 1. The van der Waals surface area contributed by atoms with E-state index in [2.05, 4.69) is 9.88 Å². The van der Waals surface area contributed by atoms with E-state index in [9.17, 15) is 9.59 Å². The van der Waals surface area contributed by atoms with Crippen molar-refractivity contribution in [1.29, 1.82) is 0 Å². The fourth-order valence-electron chi connectivity index (χ4n) is 3.39. The van der Waals surface area contributed by atoms with Crippen LogP contribution in [0.25, 0.3) is 0 Å². The summed E-state index contributed by atoms with van der Waals surface area (Å²) in [6.45, 7) is 3.40. The van der Waals surface area contributed by atoms with E-state index in [0.29, 0.717) is 30.5 Å². The highest BCUT2D eigenvalue weighted by Crippen LogP contribution is 2.26. The number of benzene rings is 1. The minimum atomic E-state index is -0.170. The Hall–Kier alpha value is -1.99. The summed E-state index contributed by atoms with van der Waals surface area (Å²) in [6, 6.07) is 9.23. The molecule has 0 spiro atoms. The van der Waals surface area contributed by atoms with Crippen LogP contribution in [0.15, 0.2) is 46.5 Å². The van der Waals surface area contributed by atoms with Crippen molar-refractivity contribution in [3.63, 3.8) is 0 Å². The van der Waals surface area contributed by atoms with Crippen LogP contribution in [-0.4, -0.2) is 52.3 Å². The Bertz CT molecular complexity index is 862. The molecule has 0 radical (unpaired) electrons. The van der Waals surface area contributed by atoms with E-state index in [4.69, 9.17) is 11.6 Å². The van der Waals surface area contributed by atoms with Gasteiger partial charge in [0, 0.05) is 61.4 Å². The number of amides is 1. The van der Waals surface area contributed by atoms with E-state index in [1.54, 1.807) is 4.57 Å². The molecular formula is C18H19ClN4O2S. The molecule has 1 aromatic carbocycles. The van der Waals surface area contributed by atoms with Crippen LogP contribution >= 0.6 is 23.4 Å². The summed E-state index contributed by atoms with van der Waals surface area (Å²) in [5.74, 6) is 0.637. The van der Waals surface area contributed by atoms with Crippen LogP contribution in [0.4, 0.5) is 5.69 Å². The zero-order valence-electron chi connectivity index (χ0n) is 14.2. The summed E-state index contributed by atoms with van der Waals surface area (Å²) in [6.07, 6.45) is 1.53. The molecule has 3 heterocycles. The molecule has 6 nitrogen and oxygen atoms in total. The first-order valence-corrected chi connectivity index (χ1v) is 9.96. The van der Waals surface area contributed by atoms with Gasteiger partial charge in [-0.05, 0) is 24.3 Å². The summed E-state index contributed by atoms with van der Waals surface area (Å²) in [5, 5.41) is 1.43. The molecule has 1 aromatic heterocycles. The van der Waals surface area contributed by atoms with E-state index >= 15 is 0 Å². The molecular weight excluding hydrogens is 372 g/mol. The van der Waals surface area contributed by atoms with Gasteiger partial charge in [-0.1, -0.05) is 23.4 Å². The number of aromatic nitrogens is 2. The number of nitrogens with zero attached hydrogens (tertiary/aromatic N) is 4. The smallest absolute Gasteiger partial charge is 0.254 e. The molecule has 26 heavy (non-hydrogen) atoms. The lowest BCUT2D eigenvalue weighted by molar-refractivity contribution is -0.135. The maximum Gasteiger partial charge on any atom is 0.254 e. The second kappa shape index (κ2) is 7.32. The SMILES string of the molecule is O=C(C1CSc2nccc(=O)n2C1)N1CCN(c2ccc(Cl)cc2)CC1. The summed E-state index contributed by atoms with van der Waals surface area (Å²) in [7, 11) is 0. The van der Waals surface area contributed by atoms with E-state index in [-0.39, 0.29) is 17.4 Å². The normalized spacial score (nSPS) is 20.0. The Morgan fingerprint density at radius 1 is 1.12 bits per heavy atom. The highest BCUT2D eigenvalue weighted by molar-refractivity contribution is 7.99. The maximum atomic E-state index is 12.9. The molecule has 0 bridgehead atoms. The van der Waals surface area contributed by atoms with Crippen molar-refractivity contribution < 1.29 is 4.79 Å². The Kier molecular flexibility index (Phi) is 4.91. The lowest BCUT2D eigenvalue weighted by atomic mass is 10.1. The maximum absolute atomic E-state index is 12.9. The van der Waals surface area contributed by atoms with Crippen molar-refractivity contribution in [2.75, 3.05) is 36.8 Å². The summed E-state index contributed by atoms with van der Waals surface area (Å²) < 4.78 is 1.61. The molecule has 8 heteroatoms. The number of fused-ring (bicyclic) bond motifs is 1. The summed E-state index contributed by atoms with van der Waals surface area (Å²) in [4.78, 5) is 33.3. The predicted octanol–water partition coefficient (Wildman–Crippen LogP) is 1.97. The number of rotatable bonds is 2. The summed E-state index contributed by atoms with van der Waals surface area (Å²) in [5.41, 5.74) is 1.04. The van der Waals surface area contributed by atoms with Gasteiger partial charge in [-0.3, -0.25) is 14.2 Å². The number of thioether (sulfide) groups is 1. The van der Waals surface area contributed by atoms with Gasteiger partial charge in [0.05, 0.1) is 5.92 Å². The van der Waals surface area contributed by atoms with Crippen LogP contribution in [-0.2, 0) is 11.3 Å². The number of anilines is 1. The van der Waals surface area contributed by atoms with Gasteiger partial charge in [0.15, 0.2) is 5.16 Å². The van der Waals surface area contributed by atoms with Crippen LogP contribution in [0.1, 0.15) is 0 Å². The summed E-state index contributed by atoms with van der Waals surface area (Å²) >= 11 is 7.43. The molecule has 4 rings (SSSR count). The Morgan fingerprint density at radius 2 is 1.85 bits per heavy atom. The Morgan fingerprint density at radius 3 is 2.58 bits per heavy atom. The monoisotopic (exact) mass is 390 g/mol. The standard InChI is InChI=1S/C18H19ClN4O2S/c19-14-1-3-15(4-2-14)21-7-9-22(10-8-21)17(25)13-11-23-16(24)5-6-20-18(23)26-12-13/h1-6,13H,7-12H2. The molecule has 2 aromatic rings. The largest absolute Gasteiger partial charge is 0.368 e. The van der Waals surface area contributed by atoms with Crippen molar-refractivity contribution in [3.05, 3.63) is 51.9 Å². The predicted molar refractivity (Wildman–Crippen MR) is 103 cm³/mol. The topological polar surface area (TPSA) is 58.4 Å². The molecule has 1 amide bonds. The number of hydrogen-bond acceptors (Lipinski definition) is 5. The van der Waals surface area contributed by atoms with Gasteiger partial charge in [0.25, 0.3) is 5.56 Å². The van der Waals surface area contributed by atoms with Crippen LogP contribution in [0, 0.1) is 5.92 Å². The number of halogens is 1. The first-order chi connectivity index (χ1) is 12.6. The van der Waals surface area contributed by atoms with E-state index in [1.807, 2.05) is 29.2 Å². The lowest BCUT2D eigenvalue weighted by Gasteiger charge is -2.38. The third kappa shape index (κ3) is 3.46. The fraction of sp³-hybridized carbons (Fsp3) is 0.389. The van der Waals surface area contributed by atoms with E-state index < -0.39 is 0 Å². The van der Waals surface area contributed by atoms with Crippen LogP contribution in [0.2, 0.25) is 5.02 Å². The van der Waals surface area contributed by atoms with Gasteiger partial charge >= 0.3 is 0 Å². The van der Waals surface area contributed by atoms with Crippen molar-refractivity contribution in [1.82, 2.24) is 14.5 Å². The molecule has 2 aliphatic rings. The molecule has 1 unspecified atom stereocenters. The van der Waals surface area contributed by atoms with Crippen molar-refractivity contribution in [2.45, 2.75) is 11.7 Å². The van der Waals surface area contributed by atoms with Gasteiger partial charge in [0.1, 0.15) is 0 Å². The third-order valence-corrected chi connectivity index (χ3v) is 6.25. The van der Waals surface area contributed by atoms with E-state index in [1.165, 1.54) is 24.0 Å². The molecule has 136 valence electrons. The number of piperazine rings is 1. The second-order valence-corrected chi connectivity index (χ2v) is 7.90. The zero-order valence-corrected chi connectivity index (χ0v) is 15.7. The van der Waals surface area contributed by atoms with Gasteiger partial charge in [0.2, 0.25) is 5.91 Å². The van der Waals surface area contributed by atoms with Crippen molar-refractivity contribution >= 4 is 35.0 Å². The zero-order chi connectivity index (χ0) is 18.1. The Balaban J connectivity index is 1.39. The molecule has 0 aliphatic carbocycles. The fourth-order valence-corrected chi connectivity index (χ4v) is 4.57. The van der Waals surface area contributed by atoms with Gasteiger partial charge in [-0.25, -0.2) is 4.98 Å². The first kappa shape index (κ1) is 17.4. The van der Waals surface area contributed by atoms with Crippen LogP contribution in [0.5, 0.6) is 0 Å². The molecule has 1 saturated heterocycles. The quantitative estimate of drug-likeness (QED) is 0.734. The molecule has 1 fully saturated rings. The Labute approximate surface area is 160 Å². The third-order valence-electron chi connectivity index (χ3n) is 4.85. The first-order valence-electron chi connectivity index (χ1n) is 8.60. The number of carbonyl (C=O) groups is 1. The van der Waals surface area contributed by atoms with Crippen molar-refractivity contribution in [3.8, 4) is 0 Å². The van der Waals surface area contributed by atoms with Crippen LogP contribution in [0.3, 0.4) is 0 Å². The molecule has 2 aliphatic heterocycles. The number of hydrogen-bond donors (Lipinski definition) is 0. The highest BCUT2D eigenvalue weighted by Gasteiger charge is 2.31. The molecule has 1 atom stereocenters. The lowest BCUT2D eigenvalue weighted by Crippen LogP contribution is -2.52. The minimum absolute atomic E-state index is 0.0902. The average Bonchev–Trinajstić information content (AvgIpc) is 2.68. The van der Waals surface area contributed by atoms with Crippen LogP contribution < -0.4 is 10.5 Å². The average molecular weight is 391 g/mol. The van der Waals surface area contributed by atoms with Gasteiger partial charge in [-0.2, -0.15) is 0 Å². The molecule has 0 saturated carbocycles. The van der Waals surface area contributed by atoms with Gasteiger partial charge < -0.3 is 9.80 Å². The highest BCUT2D eigenvalue weighted by atomic mass is 35.5. The van der Waals surface area contributed by atoms with Gasteiger partial charge in [-0.15, -0.1) is 0 Å². The molecule has 0 N–H and O–H groups in total. The van der Waals surface area contributed by atoms with E-state index in [0.717, 1.165) is 23.8 Å². The second-order valence-electron chi connectivity index (χ2n) is 6.47. The minimum Gasteiger partial charge on any atom is -0.368 e.